The summed E-state index contributed by atoms with van der Waals surface area (Å²) < 4.78 is 5.03. The minimum atomic E-state index is -0.405. The lowest BCUT2D eigenvalue weighted by Crippen LogP contribution is -2.12. The molecule has 20 heavy (non-hydrogen) atoms. The molecule has 3 N–H and O–H groups in total. The first-order chi connectivity index (χ1) is 9.60. The molecule has 0 aliphatic carbocycles. The van der Waals surface area contributed by atoms with Gasteiger partial charge in [-0.25, -0.2) is 4.79 Å². The molecule has 0 spiro atoms. The highest BCUT2D eigenvalue weighted by Gasteiger charge is 2.16. The number of benzene rings is 1. The van der Waals surface area contributed by atoms with E-state index >= 15 is 0 Å². The molecule has 0 atom stereocenters. The van der Waals surface area contributed by atoms with Crippen LogP contribution in [0.15, 0.2) is 12.1 Å². The van der Waals surface area contributed by atoms with Gasteiger partial charge in [-0.15, -0.1) is 0 Å². The van der Waals surface area contributed by atoms with Gasteiger partial charge >= 0.3 is 5.97 Å². The van der Waals surface area contributed by atoms with Crippen LogP contribution in [-0.2, 0) is 4.74 Å². The molecule has 0 unspecified atom stereocenters. The highest BCUT2D eigenvalue weighted by Crippen LogP contribution is 2.30. The van der Waals surface area contributed by atoms with Gasteiger partial charge in [0.25, 0.3) is 0 Å². The highest BCUT2D eigenvalue weighted by molar-refractivity contribution is 6.34. The molecule has 1 aromatic rings. The van der Waals surface area contributed by atoms with Crippen molar-refractivity contribution < 1.29 is 9.53 Å². The van der Waals surface area contributed by atoms with E-state index in [-0.39, 0.29) is 0 Å². The molecule has 0 heterocycles. The van der Waals surface area contributed by atoms with Crippen molar-refractivity contribution in [2.75, 3.05) is 24.2 Å². The van der Waals surface area contributed by atoms with E-state index in [1.807, 2.05) is 0 Å². The topological polar surface area (TPSA) is 64.3 Å². The Morgan fingerprint density at radius 1 is 1.30 bits per heavy atom. The Hall–Kier alpha value is -1.42. The number of ether oxygens (including phenoxy) is 1. The number of rotatable bonds is 8. The maximum Gasteiger partial charge on any atom is 0.340 e. The summed E-state index contributed by atoms with van der Waals surface area (Å²) in [5.74, 6) is -0.405. The predicted molar refractivity (Wildman–Crippen MR) is 84.5 cm³/mol. The first-order valence-electron chi connectivity index (χ1n) is 7.10. The molecule has 0 aliphatic heterocycles. The lowest BCUT2D eigenvalue weighted by Gasteiger charge is -2.14. The number of nitrogens with one attached hydrogen (secondary N) is 1. The zero-order valence-corrected chi connectivity index (χ0v) is 12.9. The molecule has 0 bridgehead atoms. The van der Waals surface area contributed by atoms with Gasteiger partial charge in [-0.3, -0.25) is 0 Å². The van der Waals surface area contributed by atoms with Crippen molar-refractivity contribution in [3.8, 4) is 0 Å². The lowest BCUT2D eigenvalue weighted by molar-refractivity contribution is 0.0527. The second-order valence-electron chi connectivity index (χ2n) is 4.63. The molecule has 0 saturated carbocycles. The number of hydrogen-bond donors (Lipinski definition) is 2. The van der Waals surface area contributed by atoms with E-state index in [4.69, 9.17) is 22.1 Å². The second-order valence-corrected chi connectivity index (χ2v) is 5.04. The number of anilines is 2. The van der Waals surface area contributed by atoms with Gasteiger partial charge in [0.1, 0.15) is 0 Å². The average molecular weight is 299 g/mol. The highest BCUT2D eigenvalue weighted by atomic mass is 35.5. The summed E-state index contributed by atoms with van der Waals surface area (Å²) in [5, 5.41) is 3.67. The van der Waals surface area contributed by atoms with Crippen LogP contribution in [0.2, 0.25) is 5.02 Å². The number of nitrogens with two attached hydrogens (primary N) is 1. The molecule has 0 fully saturated rings. The number of carbonyl (C=O) groups is 1. The predicted octanol–water partition coefficient (Wildman–Crippen LogP) is 4.09. The number of carbonyl (C=O) groups excluding carboxylic acids is 1. The van der Waals surface area contributed by atoms with Crippen LogP contribution in [0.3, 0.4) is 0 Å². The molecular weight excluding hydrogens is 276 g/mol. The summed E-state index contributed by atoms with van der Waals surface area (Å²) in [4.78, 5) is 11.9. The maximum atomic E-state index is 11.9. The Balaban J connectivity index is 2.79. The third-order valence-electron chi connectivity index (χ3n) is 2.94. The Labute approximate surface area is 125 Å². The number of esters is 1. The van der Waals surface area contributed by atoms with Gasteiger partial charge in [-0.1, -0.05) is 37.8 Å². The van der Waals surface area contributed by atoms with Crippen LogP contribution in [0.4, 0.5) is 11.4 Å². The molecule has 1 aromatic carbocycles. The fraction of sp³-hybridized carbons (Fsp3) is 0.533. The summed E-state index contributed by atoms with van der Waals surface area (Å²) >= 11 is 6.17. The van der Waals surface area contributed by atoms with Crippen LogP contribution >= 0.6 is 11.6 Å². The second kappa shape index (κ2) is 8.69. The maximum absolute atomic E-state index is 11.9. The Morgan fingerprint density at radius 3 is 2.70 bits per heavy atom. The summed E-state index contributed by atoms with van der Waals surface area (Å²) in [6.07, 6.45) is 4.60. The van der Waals surface area contributed by atoms with Gasteiger partial charge in [0.05, 0.1) is 22.9 Å². The first kappa shape index (κ1) is 16.6. The van der Waals surface area contributed by atoms with E-state index in [1.54, 1.807) is 19.1 Å². The van der Waals surface area contributed by atoms with Crippen molar-refractivity contribution in [3.63, 3.8) is 0 Å². The molecule has 0 radical (unpaired) electrons. The monoisotopic (exact) mass is 298 g/mol. The van der Waals surface area contributed by atoms with E-state index in [1.165, 1.54) is 12.8 Å². The summed E-state index contributed by atoms with van der Waals surface area (Å²) in [6.45, 7) is 5.03. The van der Waals surface area contributed by atoms with Gasteiger partial charge in [0.15, 0.2) is 0 Å². The van der Waals surface area contributed by atoms with Crippen molar-refractivity contribution in [2.45, 2.75) is 39.5 Å². The van der Waals surface area contributed by atoms with Gasteiger partial charge in [-0.05, 0) is 25.5 Å². The fourth-order valence-corrected chi connectivity index (χ4v) is 2.24. The van der Waals surface area contributed by atoms with Crippen molar-refractivity contribution in [1.29, 1.82) is 0 Å². The molecule has 0 aliphatic rings. The smallest absolute Gasteiger partial charge is 0.340 e. The summed E-state index contributed by atoms with van der Waals surface area (Å²) in [7, 11) is 0. The lowest BCUT2D eigenvalue weighted by atomic mass is 10.1. The molecule has 112 valence electrons. The van der Waals surface area contributed by atoms with E-state index in [0.29, 0.717) is 28.6 Å². The molecule has 0 saturated heterocycles. The fourth-order valence-electron chi connectivity index (χ4n) is 1.94. The van der Waals surface area contributed by atoms with E-state index in [0.717, 1.165) is 19.4 Å². The van der Waals surface area contributed by atoms with E-state index < -0.39 is 5.97 Å². The molecule has 0 aromatic heterocycles. The number of hydrogen-bond acceptors (Lipinski definition) is 4. The van der Waals surface area contributed by atoms with Crippen LogP contribution in [0.5, 0.6) is 0 Å². The van der Waals surface area contributed by atoms with Crippen LogP contribution in [0.25, 0.3) is 0 Å². The zero-order chi connectivity index (χ0) is 15.0. The first-order valence-corrected chi connectivity index (χ1v) is 7.48. The van der Waals surface area contributed by atoms with Crippen molar-refractivity contribution in [2.24, 2.45) is 0 Å². The van der Waals surface area contributed by atoms with Gasteiger partial charge in [-0.2, -0.15) is 0 Å². The molecule has 1 rings (SSSR count). The number of unbranched alkanes of at least 4 members (excludes halogenated alkanes) is 3. The SMILES string of the molecule is CCCCCCNc1c(Cl)cc(N)cc1C(=O)OCC. The third kappa shape index (κ3) is 4.93. The largest absolute Gasteiger partial charge is 0.462 e. The Morgan fingerprint density at radius 2 is 2.05 bits per heavy atom. The Kier molecular flexibility index (Phi) is 7.23. The van der Waals surface area contributed by atoms with Crippen molar-refractivity contribution >= 4 is 28.9 Å². The standard InChI is InChI=1S/C15H23ClN2O2/c1-3-5-6-7-8-18-14-12(15(19)20-4-2)9-11(17)10-13(14)16/h9-10,18H,3-8,17H2,1-2H3. The summed E-state index contributed by atoms with van der Waals surface area (Å²) in [6, 6.07) is 3.23. The van der Waals surface area contributed by atoms with E-state index in [9.17, 15) is 4.79 Å². The van der Waals surface area contributed by atoms with Crippen LogP contribution < -0.4 is 11.1 Å². The molecule has 4 nitrogen and oxygen atoms in total. The summed E-state index contributed by atoms with van der Waals surface area (Å²) in [5.41, 5.74) is 7.19. The minimum Gasteiger partial charge on any atom is -0.462 e. The molecule has 5 heteroatoms. The third-order valence-corrected chi connectivity index (χ3v) is 3.24. The van der Waals surface area contributed by atoms with Crippen molar-refractivity contribution in [3.05, 3.63) is 22.7 Å². The molecule has 0 amide bonds. The number of nitrogen functional groups attached to an aromatic ring is 1. The van der Waals surface area contributed by atoms with Gasteiger partial charge in [0.2, 0.25) is 0 Å². The van der Waals surface area contributed by atoms with Crippen LogP contribution in [-0.4, -0.2) is 19.1 Å². The van der Waals surface area contributed by atoms with Crippen LogP contribution in [0, 0.1) is 0 Å². The van der Waals surface area contributed by atoms with Crippen LogP contribution in [0.1, 0.15) is 49.9 Å². The Bertz CT molecular complexity index is 450. The quantitative estimate of drug-likeness (QED) is 0.431. The molecular formula is C15H23ClN2O2. The minimum absolute atomic E-state index is 0.321. The van der Waals surface area contributed by atoms with Crippen molar-refractivity contribution in [1.82, 2.24) is 0 Å². The number of halogens is 1. The average Bonchev–Trinajstić information content (AvgIpc) is 2.40. The van der Waals surface area contributed by atoms with Gasteiger partial charge in [0, 0.05) is 12.2 Å². The van der Waals surface area contributed by atoms with E-state index in [2.05, 4.69) is 12.2 Å². The van der Waals surface area contributed by atoms with Gasteiger partial charge < -0.3 is 15.8 Å². The zero-order valence-electron chi connectivity index (χ0n) is 12.2. The normalized spacial score (nSPS) is 10.3.